The number of amides is 3. The van der Waals surface area contributed by atoms with Gasteiger partial charge in [0.05, 0.1) is 24.3 Å². The van der Waals surface area contributed by atoms with Crippen LogP contribution in [0.5, 0.6) is 0 Å². The Morgan fingerprint density at radius 1 is 1.26 bits per heavy atom. The lowest BCUT2D eigenvalue weighted by Crippen LogP contribution is -2.45. The van der Waals surface area contributed by atoms with E-state index in [1.54, 1.807) is 0 Å². The summed E-state index contributed by atoms with van der Waals surface area (Å²) in [6.45, 7) is 6.74. The Hall–Kier alpha value is -2.81. The molecule has 168 valence electrons. The monoisotopic (exact) mass is 430 g/mol. The number of piperidine rings is 1. The number of urea groups is 1. The second kappa shape index (κ2) is 8.74. The van der Waals surface area contributed by atoms with E-state index in [4.69, 9.17) is 14.4 Å². The molecule has 31 heavy (non-hydrogen) atoms. The highest BCUT2D eigenvalue weighted by molar-refractivity contribution is 5.94. The van der Waals surface area contributed by atoms with E-state index in [0.717, 1.165) is 24.1 Å². The second-order valence-electron chi connectivity index (χ2n) is 9.16. The molecular weight excluding hydrogens is 400 g/mol. The van der Waals surface area contributed by atoms with Crippen molar-refractivity contribution in [1.29, 1.82) is 0 Å². The van der Waals surface area contributed by atoms with E-state index in [0.29, 0.717) is 26.1 Å². The van der Waals surface area contributed by atoms with Crippen molar-refractivity contribution in [2.45, 2.75) is 70.4 Å². The standard InChI is InChI=1S/C22H30N4O5/c1-22(2,3)30-20(27)23-12-17-11-18(24-31-17)19-10-9-16-13-25(19)21(28)26(16)29-14-15-7-5-4-6-8-15/h4-8,16-17,19H,9-14H2,1-3H3,(H,23,27)/t16-,17+,19+/m1/s1. The van der Waals surface area contributed by atoms with Crippen LogP contribution in [0, 0.1) is 0 Å². The molecular formula is C22H30N4O5. The third-order valence-corrected chi connectivity index (χ3v) is 5.55. The number of nitrogens with zero attached hydrogens (tertiary/aromatic N) is 3. The number of nitrogens with one attached hydrogen (secondary N) is 1. The molecule has 0 aliphatic carbocycles. The van der Waals surface area contributed by atoms with Crippen LogP contribution in [0.3, 0.4) is 0 Å². The maximum Gasteiger partial charge on any atom is 0.407 e. The normalized spacial score (nSPS) is 25.3. The number of hydrogen-bond acceptors (Lipinski definition) is 6. The molecule has 2 fully saturated rings. The number of carbonyl (C=O) groups excluding carboxylic acids is 2. The molecule has 2 saturated heterocycles. The quantitative estimate of drug-likeness (QED) is 0.749. The predicted octanol–water partition coefficient (Wildman–Crippen LogP) is 3.06. The minimum absolute atomic E-state index is 0.0556. The topological polar surface area (TPSA) is 92.7 Å². The molecule has 1 aromatic rings. The Labute approximate surface area is 182 Å². The molecule has 3 atom stereocenters. The molecule has 0 radical (unpaired) electrons. The molecule has 0 saturated carbocycles. The van der Waals surface area contributed by atoms with Crippen LogP contribution in [0.4, 0.5) is 9.59 Å². The van der Waals surface area contributed by atoms with Crippen molar-refractivity contribution in [1.82, 2.24) is 15.3 Å². The van der Waals surface area contributed by atoms with E-state index >= 15 is 0 Å². The molecule has 3 heterocycles. The number of rotatable bonds is 6. The van der Waals surface area contributed by atoms with Crippen molar-refractivity contribution in [3.63, 3.8) is 0 Å². The van der Waals surface area contributed by atoms with Crippen molar-refractivity contribution in [2.75, 3.05) is 13.1 Å². The number of hydroxylamine groups is 2. The zero-order chi connectivity index (χ0) is 22.0. The van der Waals surface area contributed by atoms with Crippen molar-refractivity contribution in [3.8, 4) is 0 Å². The van der Waals surface area contributed by atoms with E-state index < -0.39 is 11.7 Å². The van der Waals surface area contributed by atoms with Crippen molar-refractivity contribution in [2.24, 2.45) is 5.16 Å². The Balaban J connectivity index is 1.28. The SMILES string of the molecule is CC(C)(C)OC(=O)NC[C@@H]1CC([C@@H]2CC[C@@H]3CN2C(=O)N3OCc2ccccc2)=NO1. The molecule has 2 bridgehead atoms. The summed E-state index contributed by atoms with van der Waals surface area (Å²) in [6, 6.07) is 9.65. The van der Waals surface area contributed by atoms with Gasteiger partial charge in [0, 0.05) is 13.0 Å². The van der Waals surface area contributed by atoms with Crippen LogP contribution in [0.25, 0.3) is 0 Å². The third-order valence-electron chi connectivity index (χ3n) is 5.55. The van der Waals surface area contributed by atoms with Gasteiger partial charge in [-0.3, -0.25) is 4.84 Å². The number of ether oxygens (including phenoxy) is 1. The molecule has 0 unspecified atom stereocenters. The van der Waals surface area contributed by atoms with Crippen molar-refractivity contribution < 1.29 is 24.0 Å². The third kappa shape index (κ3) is 5.10. The smallest absolute Gasteiger partial charge is 0.407 e. The van der Waals surface area contributed by atoms with E-state index in [2.05, 4.69) is 10.5 Å². The van der Waals surface area contributed by atoms with Gasteiger partial charge < -0.3 is 19.8 Å². The zero-order valence-electron chi connectivity index (χ0n) is 18.2. The zero-order valence-corrected chi connectivity index (χ0v) is 18.2. The largest absolute Gasteiger partial charge is 0.444 e. The van der Waals surface area contributed by atoms with Crippen LogP contribution < -0.4 is 5.32 Å². The highest BCUT2D eigenvalue weighted by Crippen LogP contribution is 2.33. The van der Waals surface area contributed by atoms with Crippen molar-refractivity contribution >= 4 is 17.8 Å². The highest BCUT2D eigenvalue weighted by Gasteiger charge is 2.48. The number of oxime groups is 1. The van der Waals surface area contributed by atoms with Gasteiger partial charge in [0.25, 0.3) is 0 Å². The summed E-state index contributed by atoms with van der Waals surface area (Å²) >= 11 is 0. The van der Waals surface area contributed by atoms with Gasteiger partial charge >= 0.3 is 12.1 Å². The Bertz CT molecular complexity index is 838. The fourth-order valence-corrected chi connectivity index (χ4v) is 4.13. The van der Waals surface area contributed by atoms with Crippen LogP contribution in [0.2, 0.25) is 0 Å². The van der Waals surface area contributed by atoms with Crippen LogP contribution in [-0.2, 0) is 21.0 Å². The van der Waals surface area contributed by atoms with Gasteiger partial charge in [-0.1, -0.05) is 35.5 Å². The molecule has 9 heteroatoms. The average molecular weight is 431 g/mol. The van der Waals surface area contributed by atoms with Gasteiger partial charge in [-0.05, 0) is 39.2 Å². The minimum Gasteiger partial charge on any atom is -0.444 e. The Kier molecular flexibility index (Phi) is 6.04. The fourth-order valence-electron chi connectivity index (χ4n) is 4.13. The van der Waals surface area contributed by atoms with E-state index in [1.165, 1.54) is 5.06 Å². The van der Waals surface area contributed by atoms with Crippen LogP contribution >= 0.6 is 0 Å². The summed E-state index contributed by atoms with van der Waals surface area (Å²) in [4.78, 5) is 38.0. The maximum atomic E-state index is 13.0. The van der Waals surface area contributed by atoms with Gasteiger partial charge in [0.15, 0.2) is 0 Å². The summed E-state index contributed by atoms with van der Waals surface area (Å²) in [5.41, 5.74) is 1.32. The number of carbonyl (C=O) groups is 2. The fraction of sp³-hybridized carbons (Fsp3) is 0.591. The lowest BCUT2D eigenvalue weighted by molar-refractivity contribution is -0.140. The lowest BCUT2D eigenvalue weighted by atomic mass is 9.94. The summed E-state index contributed by atoms with van der Waals surface area (Å²) in [5.74, 6) is 0. The lowest BCUT2D eigenvalue weighted by Gasteiger charge is -2.29. The molecule has 1 aromatic carbocycles. The molecule has 3 aliphatic heterocycles. The Morgan fingerprint density at radius 2 is 2.03 bits per heavy atom. The first-order chi connectivity index (χ1) is 14.8. The summed E-state index contributed by atoms with van der Waals surface area (Å²) in [6.07, 6.45) is 1.49. The highest BCUT2D eigenvalue weighted by atomic mass is 16.7. The van der Waals surface area contributed by atoms with Gasteiger partial charge in [-0.15, -0.1) is 0 Å². The molecule has 3 aliphatic rings. The first-order valence-corrected chi connectivity index (χ1v) is 10.8. The van der Waals surface area contributed by atoms with E-state index in [9.17, 15) is 9.59 Å². The molecule has 3 amide bonds. The number of alkyl carbamates (subject to hydrolysis) is 1. The summed E-state index contributed by atoms with van der Waals surface area (Å²) in [5, 5.41) is 8.47. The number of fused-ring (bicyclic) bond motifs is 2. The maximum absolute atomic E-state index is 13.0. The van der Waals surface area contributed by atoms with E-state index in [1.807, 2.05) is 56.0 Å². The molecule has 9 nitrogen and oxygen atoms in total. The van der Waals surface area contributed by atoms with E-state index in [-0.39, 0.29) is 24.2 Å². The van der Waals surface area contributed by atoms with Gasteiger partial charge in [0.1, 0.15) is 18.3 Å². The van der Waals surface area contributed by atoms with Gasteiger partial charge in [0.2, 0.25) is 0 Å². The number of benzene rings is 1. The van der Waals surface area contributed by atoms with Gasteiger partial charge in [-0.2, -0.15) is 5.06 Å². The number of hydrogen-bond donors (Lipinski definition) is 1. The first-order valence-electron chi connectivity index (χ1n) is 10.8. The second-order valence-corrected chi connectivity index (χ2v) is 9.16. The van der Waals surface area contributed by atoms with Crippen LogP contribution in [-0.4, -0.2) is 64.7 Å². The average Bonchev–Trinajstić information content (AvgIpc) is 3.29. The van der Waals surface area contributed by atoms with Gasteiger partial charge in [-0.25, -0.2) is 9.59 Å². The summed E-state index contributed by atoms with van der Waals surface area (Å²) in [7, 11) is 0. The molecule has 4 rings (SSSR count). The van der Waals surface area contributed by atoms with Crippen molar-refractivity contribution in [3.05, 3.63) is 35.9 Å². The summed E-state index contributed by atoms with van der Waals surface area (Å²) < 4.78 is 5.25. The first kappa shape index (κ1) is 21.4. The predicted molar refractivity (Wildman–Crippen MR) is 113 cm³/mol. The molecule has 1 N–H and O–H groups in total. The van der Waals surface area contributed by atoms with Crippen LogP contribution in [0.15, 0.2) is 35.5 Å². The van der Waals surface area contributed by atoms with Crippen LogP contribution in [0.1, 0.15) is 45.6 Å². The minimum atomic E-state index is -0.550. The molecule has 0 aromatic heterocycles. The Morgan fingerprint density at radius 3 is 2.77 bits per heavy atom. The molecule has 0 spiro atoms.